The quantitative estimate of drug-likeness (QED) is 0.277. The van der Waals surface area contributed by atoms with Gasteiger partial charge in [0.2, 0.25) is 0 Å². The fraction of sp³-hybridized carbons (Fsp3) is 0.784. The zero-order valence-electron chi connectivity index (χ0n) is 30.7. The third kappa shape index (κ3) is 7.84. The van der Waals surface area contributed by atoms with Crippen LogP contribution in [0.5, 0.6) is 11.5 Å². The second-order valence-electron chi connectivity index (χ2n) is 14.4. The van der Waals surface area contributed by atoms with Crippen molar-refractivity contribution in [1.29, 1.82) is 0 Å². The van der Waals surface area contributed by atoms with E-state index in [4.69, 9.17) is 24.1 Å². The number of rotatable bonds is 6. The fourth-order valence-corrected chi connectivity index (χ4v) is 7.83. The lowest BCUT2D eigenvalue weighted by Gasteiger charge is -2.61. The van der Waals surface area contributed by atoms with Gasteiger partial charge in [-0.15, -0.1) is 0 Å². The zero-order chi connectivity index (χ0) is 35.0. The number of hydrogen-bond donors (Lipinski definition) is 3. The standard InChI is InChI=1S/C31H48N2O5.C3H8.C2H6.CH2O2/c1-9-32-28(34)37-23-13-10-18(2)24-26(23)38-27-25(36-8)22(30(7,35)29(4,5)6)16-21-19(3)33(17-20-11-12-20)15-14-31(21,24)27;1-3-2;1-2;2-1-3/h10,13,19-22,25,27,35H,9,11-12,14-17H2,1-8H3,(H,32,34);3H2,1-2H3;1-2H3;1H,(H,2,3)/t19?,21?,22?,25?,27-,30+,31?;;;/m0.../s1. The van der Waals surface area contributed by atoms with Crippen LogP contribution in [0.1, 0.15) is 112 Å². The lowest BCUT2D eigenvalue weighted by atomic mass is 9.49. The fourth-order valence-electron chi connectivity index (χ4n) is 7.83. The van der Waals surface area contributed by atoms with E-state index in [-0.39, 0.29) is 41.3 Å². The number of nitrogens with one attached hydrogen (secondary N) is 1. The Balaban J connectivity index is 0.000000841. The van der Waals surface area contributed by atoms with Gasteiger partial charge in [-0.05, 0) is 88.8 Å². The van der Waals surface area contributed by atoms with Gasteiger partial charge >= 0.3 is 6.09 Å². The van der Waals surface area contributed by atoms with Gasteiger partial charge < -0.3 is 34.6 Å². The Bertz CT molecular complexity index is 1130. The molecule has 9 nitrogen and oxygen atoms in total. The highest BCUT2D eigenvalue weighted by Gasteiger charge is 2.68. The molecule has 1 aromatic rings. The second kappa shape index (κ2) is 16.6. The van der Waals surface area contributed by atoms with E-state index in [0.717, 1.165) is 37.4 Å². The number of carboxylic acid groups (broad SMARTS) is 1. The van der Waals surface area contributed by atoms with Crippen LogP contribution in [0, 0.1) is 30.1 Å². The van der Waals surface area contributed by atoms with Gasteiger partial charge in [-0.1, -0.05) is 61.0 Å². The molecule has 5 rings (SSSR count). The number of carbonyl (C=O) groups is 2. The summed E-state index contributed by atoms with van der Waals surface area (Å²) in [7, 11) is 1.75. The summed E-state index contributed by atoms with van der Waals surface area (Å²) in [6.45, 7) is 25.3. The van der Waals surface area contributed by atoms with E-state index in [1.807, 2.05) is 33.8 Å². The normalized spacial score (nSPS) is 29.2. The maximum absolute atomic E-state index is 12.5. The molecule has 5 unspecified atom stereocenters. The molecule has 0 radical (unpaired) electrons. The zero-order valence-corrected chi connectivity index (χ0v) is 30.7. The molecule has 46 heavy (non-hydrogen) atoms. The summed E-state index contributed by atoms with van der Waals surface area (Å²) >= 11 is 0. The van der Waals surface area contributed by atoms with E-state index in [0.29, 0.717) is 24.1 Å². The number of fused-ring (bicyclic) bond motifs is 1. The molecular weight excluding hydrogens is 584 g/mol. The highest BCUT2D eigenvalue weighted by Crippen LogP contribution is 2.64. The molecule has 2 heterocycles. The van der Waals surface area contributed by atoms with Crippen LogP contribution in [0.3, 0.4) is 0 Å². The Kier molecular flexibility index (Phi) is 14.4. The van der Waals surface area contributed by atoms with Crippen molar-refractivity contribution in [3.05, 3.63) is 23.3 Å². The Morgan fingerprint density at radius 3 is 2.26 bits per heavy atom. The Hall–Kier alpha value is -2.36. The summed E-state index contributed by atoms with van der Waals surface area (Å²) < 4.78 is 19.0. The first kappa shape index (κ1) is 39.8. The van der Waals surface area contributed by atoms with Crippen molar-refractivity contribution in [3.63, 3.8) is 0 Å². The Morgan fingerprint density at radius 1 is 1.17 bits per heavy atom. The summed E-state index contributed by atoms with van der Waals surface area (Å²) in [5, 5.41) is 21.7. The van der Waals surface area contributed by atoms with Gasteiger partial charge in [-0.25, -0.2) is 4.79 Å². The molecule has 2 aliphatic carbocycles. The average Bonchev–Trinajstić information content (AvgIpc) is 3.74. The highest BCUT2D eigenvalue weighted by atomic mass is 16.6. The van der Waals surface area contributed by atoms with E-state index < -0.39 is 11.7 Å². The first-order chi connectivity index (χ1) is 21.7. The third-order valence-corrected chi connectivity index (χ3v) is 10.6. The molecule has 7 atom stereocenters. The van der Waals surface area contributed by atoms with Crippen LogP contribution in [-0.4, -0.2) is 78.3 Å². The number of carbonyl (C=O) groups excluding carboxylic acids is 1. The van der Waals surface area contributed by atoms with Gasteiger partial charge in [0, 0.05) is 43.1 Å². The number of hydrogen-bond acceptors (Lipinski definition) is 7. The summed E-state index contributed by atoms with van der Waals surface area (Å²) in [6, 6.07) is 4.25. The molecule has 3 fully saturated rings. The number of aliphatic hydroxyl groups is 1. The first-order valence-corrected chi connectivity index (χ1v) is 17.5. The van der Waals surface area contributed by atoms with Crippen molar-refractivity contribution >= 4 is 12.6 Å². The van der Waals surface area contributed by atoms with Crippen molar-refractivity contribution in [1.82, 2.24) is 10.2 Å². The van der Waals surface area contributed by atoms with E-state index in [9.17, 15) is 9.90 Å². The second-order valence-corrected chi connectivity index (χ2v) is 14.4. The number of methoxy groups -OCH3 is 1. The molecule has 1 spiro atoms. The SMILES string of the molecule is CC.CCC.CCNC(=O)Oc1ccc(C)c2c1O[C@H]1C(OC)C([C@@](C)(O)C(C)(C)C)CC3C(C)N(CC4CC4)CCC231.O=CO. The van der Waals surface area contributed by atoms with Gasteiger partial charge in [0.1, 0.15) is 12.2 Å². The summed E-state index contributed by atoms with van der Waals surface area (Å²) in [6.07, 6.45) is 4.68. The Labute approximate surface area is 278 Å². The molecule has 0 aromatic heterocycles. The molecule has 9 heteroatoms. The third-order valence-electron chi connectivity index (χ3n) is 10.6. The number of ether oxygens (including phenoxy) is 3. The molecule has 4 aliphatic rings. The van der Waals surface area contributed by atoms with Crippen LogP contribution >= 0.6 is 0 Å². The number of piperidine rings is 1. The molecule has 1 amide bonds. The lowest BCUT2D eigenvalue weighted by Crippen LogP contribution is -2.69. The number of benzene rings is 1. The minimum absolute atomic E-state index is 0.110. The minimum Gasteiger partial charge on any atom is -0.483 e. The van der Waals surface area contributed by atoms with Gasteiger partial charge in [0.05, 0.1) is 5.60 Å². The van der Waals surface area contributed by atoms with Crippen molar-refractivity contribution in [2.24, 2.45) is 23.2 Å². The van der Waals surface area contributed by atoms with Gasteiger partial charge in [-0.3, -0.25) is 4.79 Å². The van der Waals surface area contributed by atoms with Crippen molar-refractivity contribution in [2.45, 2.75) is 138 Å². The van der Waals surface area contributed by atoms with Gasteiger partial charge in [-0.2, -0.15) is 0 Å². The summed E-state index contributed by atoms with van der Waals surface area (Å²) in [5.74, 6) is 2.11. The molecule has 1 aromatic carbocycles. The highest BCUT2D eigenvalue weighted by molar-refractivity contribution is 5.72. The van der Waals surface area contributed by atoms with Crippen LogP contribution < -0.4 is 14.8 Å². The molecule has 2 aliphatic heterocycles. The van der Waals surface area contributed by atoms with Crippen LogP contribution in [0.25, 0.3) is 0 Å². The number of amides is 1. The van der Waals surface area contributed by atoms with Crippen LogP contribution in [-0.2, 0) is 14.9 Å². The maximum Gasteiger partial charge on any atom is 0.412 e. The number of nitrogens with zero attached hydrogens (tertiary/aromatic N) is 1. The first-order valence-electron chi connectivity index (χ1n) is 17.5. The number of likely N-dealkylation sites (tertiary alicyclic amines) is 1. The average molecular weight is 649 g/mol. The summed E-state index contributed by atoms with van der Waals surface area (Å²) in [5.41, 5.74) is 0.752. The van der Waals surface area contributed by atoms with E-state index in [1.54, 1.807) is 7.11 Å². The molecular formula is C37H64N2O7. The predicted octanol–water partition coefficient (Wildman–Crippen LogP) is 7.20. The van der Waals surface area contributed by atoms with E-state index in [1.165, 1.54) is 24.8 Å². The van der Waals surface area contributed by atoms with Crippen LogP contribution in [0.4, 0.5) is 4.79 Å². The van der Waals surface area contributed by atoms with E-state index >= 15 is 0 Å². The maximum atomic E-state index is 12.5. The monoisotopic (exact) mass is 648 g/mol. The molecule has 2 saturated carbocycles. The number of aryl methyl sites for hydroxylation is 1. The summed E-state index contributed by atoms with van der Waals surface area (Å²) in [4.78, 5) is 23.5. The van der Waals surface area contributed by atoms with Gasteiger partial charge in [0.25, 0.3) is 6.47 Å². The van der Waals surface area contributed by atoms with Crippen LogP contribution in [0.15, 0.2) is 12.1 Å². The van der Waals surface area contributed by atoms with Gasteiger partial charge in [0.15, 0.2) is 11.5 Å². The molecule has 0 bridgehead atoms. The lowest BCUT2D eigenvalue weighted by molar-refractivity contribution is -0.203. The molecule has 264 valence electrons. The molecule has 3 N–H and O–H groups in total. The minimum atomic E-state index is -0.966. The van der Waals surface area contributed by atoms with Crippen molar-refractivity contribution < 1.29 is 34.0 Å². The van der Waals surface area contributed by atoms with Crippen molar-refractivity contribution in [3.8, 4) is 11.5 Å². The van der Waals surface area contributed by atoms with Crippen LogP contribution in [0.2, 0.25) is 0 Å². The molecule has 1 saturated heterocycles. The predicted molar refractivity (Wildman–Crippen MR) is 184 cm³/mol. The van der Waals surface area contributed by atoms with Crippen molar-refractivity contribution in [2.75, 3.05) is 26.7 Å². The Morgan fingerprint density at radius 2 is 1.76 bits per heavy atom. The topological polar surface area (TPSA) is 118 Å². The largest absolute Gasteiger partial charge is 0.483 e. The smallest absolute Gasteiger partial charge is 0.412 e. The van der Waals surface area contributed by atoms with E-state index in [2.05, 4.69) is 64.7 Å².